The van der Waals surface area contributed by atoms with E-state index in [1.54, 1.807) is 26.6 Å². The molecular formula is C18H23N5O3. The van der Waals surface area contributed by atoms with Crippen molar-refractivity contribution in [2.24, 2.45) is 0 Å². The van der Waals surface area contributed by atoms with Crippen LogP contribution in [0.4, 0.5) is 10.6 Å². The van der Waals surface area contributed by atoms with Crippen LogP contribution in [-0.2, 0) is 6.54 Å². The van der Waals surface area contributed by atoms with Crippen LogP contribution in [0.25, 0.3) is 0 Å². The molecule has 1 atom stereocenters. The van der Waals surface area contributed by atoms with E-state index in [0.717, 1.165) is 24.3 Å². The Morgan fingerprint density at radius 2 is 2.12 bits per heavy atom. The van der Waals surface area contributed by atoms with Gasteiger partial charge in [-0.3, -0.25) is 0 Å². The maximum Gasteiger partial charge on any atom is 0.315 e. The van der Waals surface area contributed by atoms with Gasteiger partial charge in [-0.05, 0) is 24.1 Å². The molecular weight excluding hydrogens is 334 g/mol. The maximum atomic E-state index is 12.2. The molecule has 2 N–H and O–H groups in total. The van der Waals surface area contributed by atoms with Gasteiger partial charge in [-0.15, -0.1) is 0 Å². The second-order valence-electron chi connectivity index (χ2n) is 6.00. The Morgan fingerprint density at radius 3 is 2.92 bits per heavy atom. The van der Waals surface area contributed by atoms with Crippen LogP contribution in [0.3, 0.4) is 0 Å². The monoisotopic (exact) mass is 357 g/mol. The van der Waals surface area contributed by atoms with Gasteiger partial charge in [-0.1, -0.05) is 12.1 Å². The van der Waals surface area contributed by atoms with Crippen LogP contribution in [0.15, 0.2) is 36.7 Å². The minimum absolute atomic E-state index is 0.0482. The van der Waals surface area contributed by atoms with Crippen LogP contribution in [0.1, 0.15) is 12.0 Å². The first-order valence-corrected chi connectivity index (χ1v) is 8.47. The summed E-state index contributed by atoms with van der Waals surface area (Å²) in [6.07, 6.45) is 4.08. The van der Waals surface area contributed by atoms with Crippen molar-refractivity contribution in [3.63, 3.8) is 0 Å². The van der Waals surface area contributed by atoms with E-state index in [9.17, 15) is 4.79 Å². The molecule has 0 saturated carbocycles. The molecule has 1 saturated heterocycles. The first kappa shape index (κ1) is 17.8. The molecule has 0 spiro atoms. The maximum absolute atomic E-state index is 12.2. The van der Waals surface area contributed by atoms with Gasteiger partial charge >= 0.3 is 6.03 Å². The van der Waals surface area contributed by atoms with Gasteiger partial charge in [0.05, 0.1) is 14.2 Å². The summed E-state index contributed by atoms with van der Waals surface area (Å²) in [6.45, 7) is 1.90. The molecule has 2 heterocycles. The van der Waals surface area contributed by atoms with Crippen LogP contribution in [0.5, 0.6) is 11.6 Å². The number of methoxy groups -OCH3 is 2. The Labute approximate surface area is 152 Å². The molecule has 1 aromatic heterocycles. The molecule has 1 unspecified atom stereocenters. The molecule has 1 aliphatic heterocycles. The second-order valence-corrected chi connectivity index (χ2v) is 6.00. The number of hydrogen-bond acceptors (Lipinski definition) is 6. The predicted octanol–water partition coefficient (Wildman–Crippen LogP) is 1.57. The van der Waals surface area contributed by atoms with Crippen molar-refractivity contribution < 1.29 is 14.3 Å². The molecule has 0 aliphatic carbocycles. The van der Waals surface area contributed by atoms with E-state index in [-0.39, 0.29) is 12.1 Å². The summed E-state index contributed by atoms with van der Waals surface area (Å²) in [4.78, 5) is 22.7. The number of hydrogen-bond donors (Lipinski definition) is 2. The fourth-order valence-corrected chi connectivity index (χ4v) is 2.95. The third-order valence-electron chi connectivity index (χ3n) is 4.25. The summed E-state index contributed by atoms with van der Waals surface area (Å²) >= 11 is 0. The van der Waals surface area contributed by atoms with E-state index in [2.05, 4.69) is 25.5 Å². The molecule has 0 radical (unpaired) electrons. The summed E-state index contributed by atoms with van der Waals surface area (Å²) < 4.78 is 10.4. The van der Waals surface area contributed by atoms with E-state index in [0.29, 0.717) is 24.8 Å². The SMILES string of the molecule is COc1cccc(CNC(=O)NC2CCN(c3nccnc3OC)C2)c1. The highest BCUT2D eigenvalue weighted by atomic mass is 16.5. The highest BCUT2D eigenvalue weighted by Gasteiger charge is 2.27. The molecule has 2 amide bonds. The summed E-state index contributed by atoms with van der Waals surface area (Å²) in [5.41, 5.74) is 0.983. The Hall–Kier alpha value is -3.03. The van der Waals surface area contributed by atoms with Gasteiger partial charge in [0.1, 0.15) is 5.75 Å². The Balaban J connectivity index is 1.49. The molecule has 1 aliphatic rings. The predicted molar refractivity (Wildman–Crippen MR) is 97.6 cm³/mol. The summed E-state index contributed by atoms with van der Waals surface area (Å²) in [5, 5.41) is 5.88. The van der Waals surface area contributed by atoms with E-state index < -0.39 is 0 Å². The zero-order chi connectivity index (χ0) is 18.4. The number of nitrogens with zero attached hydrogens (tertiary/aromatic N) is 3. The molecule has 2 aromatic rings. The van der Waals surface area contributed by atoms with E-state index in [1.165, 1.54) is 0 Å². The number of rotatable bonds is 6. The number of aromatic nitrogens is 2. The van der Waals surface area contributed by atoms with Crippen molar-refractivity contribution in [2.45, 2.75) is 19.0 Å². The van der Waals surface area contributed by atoms with Crippen molar-refractivity contribution in [1.29, 1.82) is 0 Å². The van der Waals surface area contributed by atoms with Crippen molar-refractivity contribution in [2.75, 3.05) is 32.2 Å². The number of nitrogens with one attached hydrogen (secondary N) is 2. The molecule has 3 rings (SSSR count). The molecule has 26 heavy (non-hydrogen) atoms. The number of carbonyl (C=O) groups is 1. The largest absolute Gasteiger partial charge is 0.497 e. The average molecular weight is 357 g/mol. The minimum Gasteiger partial charge on any atom is -0.497 e. The quantitative estimate of drug-likeness (QED) is 0.816. The standard InChI is InChI=1S/C18H23N5O3/c1-25-15-5-3-4-13(10-15)11-21-18(24)22-14-6-9-23(12-14)16-17(26-2)20-8-7-19-16/h3-5,7-8,10,14H,6,9,11-12H2,1-2H3,(H2,21,22,24). The number of urea groups is 1. The van der Waals surface area contributed by atoms with Crippen LogP contribution < -0.4 is 25.0 Å². The van der Waals surface area contributed by atoms with Crippen molar-refractivity contribution in [3.05, 3.63) is 42.2 Å². The number of benzene rings is 1. The highest BCUT2D eigenvalue weighted by Crippen LogP contribution is 2.25. The number of anilines is 1. The van der Waals surface area contributed by atoms with Gasteiger partial charge in [0, 0.05) is 38.1 Å². The summed E-state index contributed by atoms with van der Waals surface area (Å²) in [5.74, 6) is 1.97. The van der Waals surface area contributed by atoms with Crippen molar-refractivity contribution >= 4 is 11.8 Å². The van der Waals surface area contributed by atoms with Crippen LogP contribution in [0.2, 0.25) is 0 Å². The fourth-order valence-electron chi connectivity index (χ4n) is 2.95. The zero-order valence-corrected chi connectivity index (χ0v) is 14.9. The first-order valence-electron chi connectivity index (χ1n) is 8.47. The Bertz CT molecular complexity index is 755. The van der Waals surface area contributed by atoms with E-state index >= 15 is 0 Å². The third kappa shape index (κ3) is 4.33. The normalized spacial score (nSPS) is 16.2. The van der Waals surface area contributed by atoms with Gasteiger partial charge < -0.3 is 25.0 Å². The van der Waals surface area contributed by atoms with Crippen LogP contribution in [0, 0.1) is 0 Å². The molecule has 8 heteroatoms. The highest BCUT2D eigenvalue weighted by molar-refractivity contribution is 5.74. The molecule has 1 aromatic carbocycles. The molecule has 0 bridgehead atoms. The molecule has 1 fully saturated rings. The second kappa shape index (κ2) is 8.37. The van der Waals surface area contributed by atoms with Crippen LogP contribution >= 0.6 is 0 Å². The number of carbonyl (C=O) groups excluding carboxylic acids is 1. The van der Waals surface area contributed by atoms with Gasteiger partial charge in [-0.25, -0.2) is 14.8 Å². The first-order chi connectivity index (χ1) is 12.7. The lowest BCUT2D eigenvalue weighted by Crippen LogP contribution is -2.43. The van der Waals surface area contributed by atoms with E-state index in [4.69, 9.17) is 9.47 Å². The van der Waals surface area contributed by atoms with Gasteiger partial charge in [0.2, 0.25) is 0 Å². The van der Waals surface area contributed by atoms with Crippen molar-refractivity contribution in [1.82, 2.24) is 20.6 Å². The van der Waals surface area contributed by atoms with Gasteiger partial charge in [0.25, 0.3) is 5.88 Å². The fraction of sp³-hybridized carbons (Fsp3) is 0.389. The van der Waals surface area contributed by atoms with Gasteiger partial charge in [-0.2, -0.15) is 0 Å². The van der Waals surface area contributed by atoms with Gasteiger partial charge in [0.15, 0.2) is 5.82 Å². The zero-order valence-electron chi connectivity index (χ0n) is 14.9. The lowest BCUT2D eigenvalue weighted by atomic mass is 10.2. The topological polar surface area (TPSA) is 88.6 Å². The molecule has 138 valence electrons. The Morgan fingerprint density at radius 1 is 1.27 bits per heavy atom. The Kier molecular flexibility index (Phi) is 5.73. The number of ether oxygens (including phenoxy) is 2. The average Bonchev–Trinajstić information content (AvgIpc) is 3.14. The smallest absolute Gasteiger partial charge is 0.315 e. The lowest BCUT2D eigenvalue weighted by molar-refractivity contribution is 0.237. The minimum atomic E-state index is -0.189. The third-order valence-corrected chi connectivity index (χ3v) is 4.25. The van der Waals surface area contributed by atoms with Crippen molar-refractivity contribution in [3.8, 4) is 11.6 Å². The molecule has 8 nitrogen and oxygen atoms in total. The summed E-state index contributed by atoms with van der Waals surface area (Å²) in [7, 11) is 3.20. The van der Waals surface area contributed by atoms with E-state index in [1.807, 2.05) is 24.3 Å². The number of amides is 2. The van der Waals surface area contributed by atoms with Crippen LogP contribution in [-0.4, -0.2) is 49.4 Å². The summed E-state index contributed by atoms with van der Waals surface area (Å²) in [6, 6.07) is 7.48. The lowest BCUT2D eigenvalue weighted by Gasteiger charge is -2.19.